The summed E-state index contributed by atoms with van der Waals surface area (Å²) in [6.45, 7) is 4.46. The number of thiazole rings is 1. The molecule has 28 heavy (non-hydrogen) atoms. The number of benzene rings is 2. The number of ketones is 1. The van der Waals surface area contributed by atoms with Crippen molar-refractivity contribution in [3.8, 4) is 5.75 Å². The first-order valence-electron chi connectivity index (χ1n) is 9.36. The third-order valence-corrected chi connectivity index (χ3v) is 5.90. The summed E-state index contributed by atoms with van der Waals surface area (Å²) in [5, 5.41) is 0.898. The smallest absolute Gasteiger partial charge is 0.223 e. The average Bonchev–Trinajstić information content (AvgIpc) is 3.15. The van der Waals surface area contributed by atoms with E-state index in [2.05, 4.69) is 4.98 Å². The van der Waals surface area contributed by atoms with Crippen LogP contribution in [0.4, 0.5) is 0 Å². The minimum absolute atomic E-state index is 0.0440. The summed E-state index contributed by atoms with van der Waals surface area (Å²) < 4.78 is 6.49. The molecule has 2 aromatic carbocycles. The first-order valence-corrected chi connectivity index (χ1v) is 10.2. The number of Topliss-reactive ketones (excluding diaryl/α,β-unsaturated/α-hetero) is 1. The maximum Gasteiger partial charge on any atom is 0.223 e. The molecule has 146 valence electrons. The van der Waals surface area contributed by atoms with Gasteiger partial charge in [-0.1, -0.05) is 12.1 Å². The minimum Gasteiger partial charge on any atom is -0.494 e. The molecule has 0 aliphatic rings. The Bertz CT molecular complexity index is 932. The quantitative estimate of drug-likeness (QED) is 0.509. The van der Waals surface area contributed by atoms with E-state index in [-0.39, 0.29) is 30.6 Å². The van der Waals surface area contributed by atoms with Crippen LogP contribution in [0.5, 0.6) is 5.75 Å². The van der Waals surface area contributed by atoms with Gasteiger partial charge < -0.3 is 9.64 Å². The lowest BCUT2D eigenvalue weighted by Gasteiger charge is -2.23. The monoisotopic (exact) mass is 396 g/mol. The second-order valence-electron chi connectivity index (χ2n) is 6.58. The molecule has 1 heterocycles. The lowest BCUT2D eigenvalue weighted by molar-refractivity contribution is -0.131. The van der Waals surface area contributed by atoms with E-state index in [0.717, 1.165) is 21.0 Å². The number of carbonyl (C=O) groups excluding carboxylic acids is 2. The fraction of sp³-hybridized carbons (Fsp3) is 0.318. The molecule has 3 rings (SSSR count). The Morgan fingerprint density at radius 1 is 1.11 bits per heavy atom. The molecule has 1 aromatic heterocycles. The standard InChI is InChI=1S/C22H24N2O3S/c1-4-27-17-11-9-16(10-12-17)19(25)13-14-21(26)24(3)15(2)22-23-18-7-5-6-8-20(18)28-22/h5-12,15H,4,13-14H2,1-3H3/t15-/m0/s1. The summed E-state index contributed by atoms with van der Waals surface area (Å²) in [6, 6.07) is 14.8. The highest BCUT2D eigenvalue weighted by molar-refractivity contribution is 7.18. The first kappa shape index (κ1) is 20.0. The molecular formula is C22H24N2O3S. The summed E-state index contributed by atoms with van der Waals surface area (Å²) in [5.41, 5.74) is 1.54. The summed E-state index contributed by atoms with van der Waals surface area (Å²) in [4.78, 5) is 31.3. The van der Waals surface area contributed by atoms with Gasteiger partial charge >= 0.3 is 0 Å². The zero-order chi connectivity index (χ0) is 20.1. The van der Waals surface area contributed by atoms with Crippen LogP contribution in [0.1, 0.15) is 48.1 Å². The molecule has 3 aromatic rings. The summed E-state index contributed by atoms with van der Waals surface area (Å²) >= 11 is 1.59. The van der Waals surface area contributed by atoms with E-state index in [4.69, 9.17) is 4.74 Å². The van der Waals surface area contributed by atoms with Crippen molar-refractivity contribution in [3.05, 3.63) is 59.1 Å². The zero-order valence-electron chi connectivity index (χ0n) is 16.3. The Balaban J connectivity index is 1.58. The van der Waals surface area contributed by atoms with Gasteiger partial charge in [0, 0.05) is 25.5 Å². The highest BCUT2D eigenvalue weighted by atomic mass is 32.1. The Hall–Kier alpha value is -2.73. The second-order valence-corrected chi connectivity index (χ2v) is 7.64. The van der Waals surface area contributed by atoms with Crippen LogP contribution >= 0.6 is 11.3 Å². The van der Waals surface area contributed by atoms with Crippen molar-refractivity contribution in [1.29, 1.82) is 0 Å². The number of amides is 1. The van der Waals surface area contributed by atoms with Crippen molar-refractivity contribution in [2.75, 3.05) is 13.7 Å². The third-order valence-electron chi connectivity index (χ3n) is 4.70. The SMILES string of the molecule is CCOc1ccc(C(=O)CCC(=O)N(C)[C@@H](C)c2nc3ccccc3s2)cc1. The number of hydrogen-bond donors (Lipinski definition) is 0. The Kier molecular flexibility index (Phi) is 6.41. The first-order chi connectivity index (χ1) is 13.5. The summed E-state index contributed by atoms with van der Waals surface area (Å²) in [6.07, 6.45) is 0.363. The van der Waals surface area contributed by atoms with Crippen LogP contribution in [-0.4, -0.2) is 35.2 Å². The van der Waals surface area contributed by atoms with Crippen LogP contribution in [0.3, 0.4) is 0 Å². The number of para-hydroxylation sites is 1. The van der Waals surface area contributed by atoms with Crippen molar-refractivity contribution in [2.45, 2.75) is 32.7 Å². The van der Waals surface area contributed by atoms with Gasteiger partial charge in [-0.3, -0.25) is 9.59 Å². The Morgan fingerprint density at radius 2 is 1.82 bits per heavy atom. The maximum atomic E-state index is 12.6. The molecule has 0 fully saturated rings. The van der Waals surface area contributed by atoms with Crippen molar-refractivity contribution < 1.29 is 14.3 Å². The molecule has 0 saturated heterocycles. The zero-order valence-corrected chi connectivity index (χ0v) is 17.2. The van der Waals surface area contributed by atoms with Gasteiger partial charge in [-0.05, 0) is 50.2 Å². The largest absolute Gasteiger partial charge is 0.494 e. The van der Waals surface area contributed by atoms with E-state index in [1.54, 1.807) is 47.5 Å². The minimum atomic E-state index is -0.134. The molecule has 0 saturated carbocycles. The summed E-state index contributed by atoms with van der Waals surface area (Å²) in [5.74, 6) is 0.628. The van der Waals surface area contributed by atoms with Gasteiger partial charge in [0.25, 0.3) is 0 Å². The summed E-state index contributed by atoms with van der Waals surface area (Å²) in [7, 11) is 1.76. The van der Waals surface area contributed by atoms with E-state index in [0.29, 0.717) is 12.2 Å². The maximum absolute atomic E-state index is 12.6. The number of hydrogen-bond acceptors (Lipinski definition) is 5. The lowest BCUT2D eigenvalue weighted by Crippen LogP contribution is -2.29. The van der Waals surface area contributed by atoms with Crippen LogP contribution in [0.25, 0.3) is 10.2 Å². The van der Waals surface area contributed by atoms with E-state index < -0.39 is 0 Å². The molecule has 0 aliphatic heterocycles. The van der Waals surface area contributed by atoms with Gasteiger partial charge in [0.05, 0.1) is 22.9 Å². The van der Waals surface area contributed by atoms with E-state index in [9.17, 15) is 9.59 Å². The van der Waals surface area contributed by atoms with Gasteiger partial charge in [-0.2, -0.15) is 0 Å². The predicted octanol–water partition coefficient (Wildman–Crippen LogP) is 4.88. The van der Waals surface area contributed by atoms with Gasteiger partial charge in [-0.25, -0.2) is 4.98 Å². The number of nitrogens with zero attached hydrogens (tertiary/aromatic N) is 2. The molecule has 1 atom stereocenters. The predicted molar refractivity (Wildman–Crippen MR) is 112 cm³/mol. The van der Waals surface area contributed by atoms with Crippen molar-refractivity contribution in [3.63, 3.8) is 0 Å². The topological polar surface area (TPSA) is 59.5 Å². The molecule has 0 N–H and O–H groups in total. The van der Waals surface area contributed by atoms with Gasteiger partial charge in [0.1, 0.15) is 10.8 Å². The molecule has 5 nitrogen and oxygen atoms in total. The number of rotatable bonds is 8. The van der Waals surface area contributed by atoms with Crippen LogP contribution in [0.2, 0.25) is 0 Å². The van der Waals surface area contributed by atoms with Crippen molar-refractivity contribution in [2.24, 2.45) is 0 Å². The fourth-order valence-corrected chi connectivity index (χ4v) is 3.96. The highest BCUT2D eigenvalue weighted by Gasteiger charge is 2.21. The number of aromatic nitrogens is 1. The van der Waals surface area contributed by atoms with Crippen molar-refractivity contribution in [1.82, 2.24) is 9.88 Å². The number of ether oxygens (including phenoxy) is 1. The molecule has 0 bridgehead atoms. The average molecular weight is 397 g/mol. The molecule has 0 spiro atoms. The third kappa shape index (κ3) is 4.57. The van der Waals surface area contributed by atoms with E-state index >= 15 is 0 Å². The number of fused-ring (bicyclic) bond motifs is 1. The molecule has 0 unspecified atom stereocenters. The van der Waals surface area contributed by atoms with Crippen LogP contribution in [-0.2, 0) is 4.79 Å². The van der Waals surface area contributed by atoms with Crippen LogP contribution < -0.4 is 4.74 Å². The Labute approximate surface area is 169 Å². The highest BCUT2D eigenvalue weighted by Crippen LogP contribution is 2.29. The van der Waals surface area contributed by atoms with Crippen LogP contribution in [0, 0.1) is 0 Å². The Morgan fingerprint density at radius 3 is 2.50 bits per heavy atom. The normalized spacial score (nSPS) is 12.0. The van der Waals surface area contributed by atoms with Gasteiger partial charge in [-0.15, -0.1) is 11.3 Å². The second kappa shape index (κ2) is 8.97. The molecular weight excluding hydrogens is 372 g/mol. The molecule has 6 heteroatoms. The van der Waals surface area contributed by atoms with Crippen LogP contribution in [0.15, 0.2) is 48.5 Å². The fourth-order valence-electron chi connectivity index (χ4n) is 2.90. The van der Waals surface area contributed by atoms with Gasteiger partial charge in [0.2, 0.25) is 5.91 Å². The van der Waals surface area contributed by atoms with E-state index in [1.165, 1.54) is 0 Å². The van der Waals surface area contributed by atoms with Crippen molar-refractivity contribution >= 4 is 33.2 Å². The number of carbonyl (C=O) groups is 2. The molecule has 0 radical (unpaired) electrons. The lowest BCUT2D eigenvalue weighted by atomic mass is 10.1. The molecule has 0 aliphatic carbocycles. The van der Waals surface area contributed by atoms with Gasteiger partial charge in [0.15, 0.2) is 5.78 Å². The van der Waals surface area contributed by atoms with E-state index in [1.807, 2.05) is 38.1 Å². The molecule has 1 amide bonds.